The molecule has 2 unspecified atom stereocenters. The number of nitro groups is 1. The number of para-hydroxylation sites is 1. The number of fused-ring (bicyclic) bond motifs is 4. The fourth-order valence-corrected chi connectivity index (χ4v) is 6.51. The Bertz CT molecular complexity index is 1450. The number of nitro benzene ring substituents is 1. The van der Waals surface area contributed by atoms with Gasteiger partial charge in [0.1, 0.15) is 11.3 Å². The fourth-order valence-electron chi connectivity index (χ4n) is 6.51. The number of piperidine rings is 1. The molecule has 7 heteroatoms. The van der Waals surface area contributed by atoms with E-state index in [1.165, 1.54) is 11.6 Å². The molecule has 36 heavy (non-hydrogen) atoms. The molecule has 0 amide bonds. The lowest BCUT2D eigenvalue weighted by Crippen LogP contribution is -2.66. The SMILES string of the molecule is O=[N+]([O-])c1cccc2c3c([nH]c12)CC1(c2cccc(O)c2)CCN(CCc2ccccc2)CC1(O)C3. The van der Waals surface area contributed by atoms with Crippen molar-refractivity contribution < 1.29 is 15.1 Å². The van der Waals surface area contributed by atoms with Crippen molar-refractivity contribution in [2.24, 2.45) is 0 Å². The zero-order valence-corrected chi connectivity index (χ0v) is 20.0. The van der Waals surface area contributed by atoms with Gasteiger partial charge < -0.3 is 20.1 Å². The molecular weight excluding hydrogens is 454 g/mol. The van der Waals surface area contributed by atoms with Crippen LogP contribution in [0.5, 0.6) is 5.75 Å². The molecule has 7 nitrogen and oxygen atoms in total. The average Bonchev–Trinajstić information content (AvgIpc) is 3.22. The van der Waals surface area contributed by atoms with Gasteiger partial charge in [-0.3, -0.25) is 10.1 Å². The molecule has 1 aromatic heterocycles. The molecule has 2 heterocycles. The Morgan fingerprint density at radius 3 is 2.61 bits per heavy atom. The van der Waals surface area contributed by atoms with Crippen molar-refractivity contribution in [1.29, 1.82) is 0 Å². The zero-order chi connectivity index (χ0) is 24.9. The third kappa shape index (κ3) is 3.58. The van der Waals surface area contributed by atoms with Crippen LogP contribution in [0.15, 0.2) is 72.8 Å². The highest BCUT2D eigenvalue weighted by Crippen LogP contribution is 2.52. The lowest BCUT2D eigenvalue weighted by Gasteiger charge is -2.56. The van der Waals surface area contributed by atoms with Gasteiger partial charge in [0.15, 0.2) is 0 Å². The van der Waals surface area contributed by atoms with Gasteiger partial charge in [0, 0.05) is 48.5 Å². The van der Waals surface area contributed by atoms with Gasteiger partial charge in [-0.2, -0.15) is 0 Å². The van der Waals surface area contributed by atoms with Crippen molar-refractivity contribution in [3.8, 4) is 5.75 Å². The van der Waals surface area contributed by atoms with Crippen LogP contribution in [-0.4, -0.2) is 50.3 Å². The molecule has 0 saturated carbocycles. The number of β-amino-alcohol motifs (C(OH)–C–C–N with tert-alkyl or cyclic N) is 1. The van der Waals surface area contributed by atoms with E-state index in [0.29, 0.717) is 24.9 Å². The van der Waals surface area contributed by atoms with Gasteiger partial charge in [0.25, 0.3) is 5.69 Å². The van der Waals surface area contributed by atoms with Crippen molar-refractivity contribution in [1.82, 2.24) is 9.88 Å². The number of benzene rings is 3. The number of likely N-dealkylation sites (tertiary alicyclic amines) is 1. The van der Waals surface area contributed by atoms with E-state index in [1.54, 1.807) is 18.2 Å². The van der Waals surface area contributed by atoms with Crippen LogP contribution in [0.25, 0.3) is 10.9 Å². The number of phenolic OH excluding ortho intramolecular Hbond substituents is 1. The third-order valence-electron chi connectivity index (χ3n) is 8.34. The van der Waals surface area contributed by atoms with Crippen LogP contribution < -0.4 is 0 Å². The van der Waals surface area contributed by atoms with Crippen LogP contribution in [0.4, 0.5) is 5.69 Å². The summed E-state index contributed by atoms with van der Waals surface area (Å²) < 4.78 is 0. The van der Waals surface area contributed by atoms with E-state index in [1.807, 2.05) is 36.4 Å². The Labute approximate surface area is 209 Å². The summed E-state index contributed by atoms with van der Waals surface area (Å²) in [6, 6.07) is 22.7. The molecule has 6 rings (SSSR count). The maximum absolute atomic E-state index is 12.5. The Balaban J connectivity index is 1.42. The molecule has 1 aliphatic heterocycles. The summed E-state index contributed by atoms with van der Waals surface area (Å²) in [6.45, 7) is 2.16. The molecule has 2 aliphatic rings. The van der Waals surface area contributed by atoms with E-state index in [4.69, 9.17) is 0 Å². The number of hydrogen-bond donors (Lipinski definition) is 3. The van der Waals surface area contributed by atoms with Crippen molar-refractivity contribution in [2.75, 3.05) is 19.6 Å². The topological polar surface area (TPSA) is 103 Å². The Morgan fingerprint density at radius 2 is 1.83 bits per heavy atom. The first-order valence-corrected chi connectivity index (χ1v) is 12.4. The maximum atomic E-state index is 12.5. The molecule has 184 valence electrons. The summed E-state index contributed by atoms with van der Waals surface area (Å²) in [7, 11) is 0. The predicted molar refractivity (Wildman–Crippen MR) is 138 cm³/mol. The third-order valence-corrected chi connectivity index (χ3v) is 8.34. The van der Waals surface area contributed by atoms with Crippen molar-refractivity contribution >= 4 is 16.6 Å². The number of phenols is 1. The lowest BCUT2D eigenvalue weighted by atomic mass is 9.56. The largest absolute Gasteiger partial charge is 0.508 e. The molecule has 4 aromatic rings. The van der Waals surface area contributed by atoms with Crippen LogP contribution in [0.3, 0.4) is 0 Å². The molecule has 0 bridgehead atoms. The summed E-state index contributed by atoms with van der Waals surface area (Å²) in [4.78, 5) is 17.0. The molecular formula is C29H29N3O4. The van der Waals surface area contributed by atoms with Gasteiger partial charge in [0.2, 0.25) is 0 Å². The van der Waals surface area contributed by atoms with E-state index < -0.39 is 11.0 Å². The fraction of sp³-hybridized carbons (Fsp3) is 0.310. The minimum Gasteiger partial charge on any atom is -0.508 e. The normalized spacial score (nSPS) is 23.8. The van der Waals surface area contributed by atoms with Crippen molar-refractivity contribution in [2.45, 2.75) is 36.7 Å². The maximum Gasteiger partial charge on any atom is 0.293 e. The van der Waals surface area contributed by atoms with Crippen molar-refractivity contribution in [3.05, 3.63) is 105 Å². The molecule has 1 saturated heterocycles. The minimum atomic E-state index is -1.09. The van der Waals surface area contributed by atoms with E-state index in [9.17, 15) is 20.3 Å². The average molecular weight is 484 g/mol. The van der Waals surface area contributed by atoms with Gasteiger partial charge in [-0.1, -0.05) is 54.6 Å². The second-order valence-electron chi connectivity index (χ2n) is 10.3. The number of H-pyrrole nitrogens is 1. The first-order chi connectivity index (χ1) is 17.4. The highest BCUT2D eigenvalue weighted by Gasteiger charge is 2.57. The number of aromatic amines is 1. The van der Waals surface area contributed by atoms with Crippen molar-refractivity contribution in [3.63, 3.8) is 0 Å². The van der Waals surface area contributed by atoms with Gasteiger partial charge >= 0.3 is 0 Å². The first kappa shape index (κ1) is 22.8. The number of hydrogen-bond acceptors (Lipinski definition) is 5. The lowest BCUT2D eigenvalue weighted by molar-refractivity contribution is -0.383. The molecule has 0 spiro atoms. The standard InChI is InChI=1S/C29H29N3O4/c33-22-9-4-8-21(16-22)28-13-15-31(14-12-20-6-2-1-3-7-20)19-29(28,34)17-24-23-10-5-11-26(32(35)36)27(23)30-25(24)18-28/h1-11,16,30,33-34H,12-15,17-19H2. The van der Waals surface area contributed by atoms with Gasteiger partial charge in [-0.15, -0.1) is 0 Å². The summed E-state index contributed by atoms with van der Waals surface area (Å²) in [5, 5.41) is 35.3. The Hall–Kier alpha value is -3.68. The number of rotatable bonds is 5. The second kappa shape index (κ2) is 8.47. The zero-order valence-electron chi connectivity index (χ0n) is 20.0. The number of aromatic hydroxyl groups is 1. The van der Waals surface area contributed by atoms with E-state index in [0.717, 1.165) is 48.1 Å². The highest BCUT2D eigenvalue weighted by molar-refractivity contribution is 5.92. The van der Waals surface area contributed by atoms with Crippen LogP contribution >= 0.6 is 0 Å². The van der Waals surface area contributed by atoms with Crippen LogP contribution in [-0.2, 0) is 24.7 Å². The summed E-state index contributed by atoms with van der Waals surface area (Å²) in [5.41, 5.74) is 2.92. The Kier molecular flexibility index (Phi) is 5.35. The van der Waals surface area contributed by atoms with Gasteiger partial charge in [-0.05, 0) is 48.2 Å². The summed E-state index contributed by atoms with van der Waals surface area (Å²) >= 11 is 0. The smallest absolute Gasteiger partial charge is 0.293 e. The molecule has 1 fully saturated rings. The Morgan fingerprint density at radius 1 is 1.03 bits per heavy atom. The highest BCUT2D eigenvalue weighted by atomic mass is 16.6. The van der Waals surface area contributed by atoms with Crippen LogP contribution in [0, 0.1) is 10.1 Å². The second-order valence-corrected chi connectivity index (χ2v) is 10.3. The number of non-ortho nitro benzene ring substituents is 1. The predicted octanol–water partition coefficient (Wildman–Crippen LogP) is 4.50. The van der Waals surface area contributed by atoms with E-state index >= 15 is 0 Å². The monoisotopic (exact) mass is 483 g/mol. The minimum absolute atomic E-state index is 0.0488. The summed E-state index contributed by atoms with van der Waals surface area (Å²) in [5.74, 6) is 0.175. The number of nitrogens with zero attached hydrogens (tertiary/aromatic N) is 2. The van der Waals surface area contributed by atoms with Gasteiger partial charge in [-0.25, -0.2) is 0 Å². The number of nitrogens with one attached hydrogen (secondary N) is 1. The van der Waals surface area contributed by atoms with Crippen LogP contribution in [0.2, 0.25) is 0 Å². The van der Waals surface area contributed by atoms with E-state index in [-0.39, 0.29) is 16.4 Å². The quantitative estimate of drug-likeness (QED) is 0.287. The number of aliphatic hydroxyl groups is 1. The molecule has 2 atom stereocenters. The molecule has 0 radical (unpaired) electrons. The first-order valence-electron chi connectivity index (χ1n) is 12.4. The molecule has 1 aliphatic carbocycles. The van der Waals surface area contributed by atoms with Gasteiger partial charge in [0.05, 0.1) is 10.5 Å². The van der Waals surface area contributed by atoms with Crippen LogP contribution in [0.1, 0.15) is 28.8 Å². The van der Waals surface area contributed by atoms with E-state index in [2.05, 4.69) is 22.0 Å². The summed E-state index contributed by atoms with van der Waals surface area (Å²) in [6.07, 6.45) is 2.54. The molecule has 3 aromatic carbocycles. The molecule has 3 N–H and O–H groups in total. The number of aromatic nitrogens is 1.